The van der Waals surface area contributed by atoms with Crippen molar-refractivity contribution in [3.63, 3.8) is 0 Å². The lowest BCUT2D eigenvalue weighted by molar-refractivity contribution is -0.143. The van der Waals surface area contributed by atoms with Gasteiger partial charge in [-0.1, -0.05) is 0 Å². The number of ketones is 1. The standard InChI is InChI=1S/C13H15NO4/c1-9(15)10-2-4-11(5-3-10)18-13(6-12(16)17)7-14-8-13/h2-5,14H,6-8H2,1H3,(H,16,17). The van der Waals surface area contributed by atoms with Gasteiger partial charge in [-0.25, -0.2) is 0 Å². The van der Waals surface area contributed by atoms with Gasteiger partial charge < -0.3 is 15.2 Å². The molecule has 96 valence electrons. The molecule has 0 atom stereocenters. The van der Waals surface area contributed by atoms with E-state index in [0.717, 1.165) is 0 Å². The molecular weight excluding hydrogens is 234 g/mol. The van der Waals surface area contributed by atoms with Crippen LogP contribution in [0.1, 0.15) is 23.7 Å². The first-order chi connectivity index (χ1) is 8.51. The maximum absolute atomic E-state index is 11.1. The molecule has 1 saturated heterocycles. The van der Waals surface area contributed by atoms with Crippen molar-refractivity contribution in [1.82, 2.24) is 5.32 Å². The molecule has 0 unspecified atom stereocenters. The van der Waals surface area contributed by atoms with Crippen molar-refractivity contribution in [3.8, 4) is 5.75 Å². The third kappa shape index (κ3) is 2.68. The molecule has 18 heavy (non-hydrogen) atoms. The normalized spacial score (nSPS) is 16.7. The molecule has 0 radical (unpaired) electrons. The Bertz CT molecular complexity index is 462. The van der Waals surface area contributed by atoms with Crippen LogP contribution in [0.5, 0.6) is 5.75 Å². The second kappa shape index (κ2) is 4.78. The van der Waals surface area contributed by atoms with Gasteiger partial charge in [-0.3, -0.25) is 9.59 Å². The van der Waals surface area contributed by atoms with Crippen LogP contribution in [0.15, 0.2) is 24.3 Å². The Labute approximate surface area is 105 Å². The first kappa shape index (κ1) is 12.6. The van der Waals surface area contributed by atoms with E-state index in [1.165, 1.54) is 6.92 Å². The number of hydrogen-bond acceptors (Lipinski definition) is 4. The number of benzene rings is 1. The van der Waals surface area contributed by atoms with E-state index in [4.69, 9.17) is 9.84 Å². The van der Waals surface area contributed by atoms with E-state index in [0.29, 0.717) is 24.4 Å². The molecule has 0 aromatic heterocycles. The predicted molar refractivity (Wildman–Crippen MR) is 64.9 cm³/mol. The lowest BCUT2D eigenvalue weighted by Crippen LogP contribution is -2.64. The smallest absolute Gasteiger partial charge is 0.307 e. The average Bonchev–Trinajstić information content (AvgIpc) is 2.26. The lowest BCUT2D eigenvalue weighted by Gasteiger charge is -2.41. The van der Waals surface area contributed by atoms with Crippen LogP contribution in [0, 0.1) is 0 Å². The summed E-state index contributed by atoms with van der Waals surface area (Å²) in [6, 6.07) is 6.74. The molecule has 0 bridgehead atoms. The highest BCUT2D eigenvalue weighted by Gasteiger charge is 2.41. The van der Waals surface area contributed by atoms with E-state index in [1.54, 1.807) is 24.3 Å². The van der Waals surface area contributed by atoms with Crippen molar-refractivity contribution < 1.29 is 19.4 Å². The Morgan fingerprint density at radius 1 is 1.33 bits per heavy atom. The number of aliphatic carboxylic acids is 1. The molecule has 1 heterocycles. The number of rotatable bonds is 5. The molecule has 1 aromatic rings. The molecule has 0 spiro atoms. The minimum Gasteiger partial charge on any atom is -0.484 e. The number of hydrogen-bond donors (Lipinski definition) is 2. The van der Waals surface area contributed by atoms with Gasteiger partial charge in [-0.2, -0.15) is 0 Å². The van der Waals surface area contributed by atoms with Gasteiger partial charge in [0, 0.05) is 18.7 Å². The molecule has 0 saturated carbocycles. The second-order valence-electron chi connectivity index (χ2n) is 4.54. The first-order valence-corrected chi connectivity index (χ1v) is 5.73. The van der Waals surface area contributed by atoms with Gasteiger partial charge in [-0.15, -0.1) is 0 Å². The Balaban J connectivity index is 2.08. The van der Waals surface area contributed by atoms with Gasteiger partial charge in [0.2, 0.25) is 0 Å². The number of carboxylic acids is 1. The zero-order valence-corrected chi connectivity index (χ0v) is 10.1. The molecular formula is C13H15NO4. The Morgan fingerprint density at radius 2 is 1.94 bits per heavy atom. The van der Waals surface area contributed by atoms with E-state index >= 15 is 0 Å². The predicted octanol–water partition coefficient (Wildman–Crippen LogP) is 1.08. The largest absolute Gasteiger partial charge is 0.484 e. The van der Waals surface area contributed by atoms with Crippen molar-refractivity contribution in [2.45, 2.75) is 18.9 Å². The summed E-state index contributed by atoms with van der Waals surface area (Å²) >= 11 is 0. The number of ether oxygens (including phenoxy) is 1. The Kier molecular flexibility index (Phi) is 3.34. The number of carboxylic acid groups (broad SMARTS) is 1. The van der Waals surface area contributed by atoms with E-state index in [1.807, 2.05) is 0 Å². The average molecular weight is 249 g/mol. The Morgan fingerprint density at radius 3 is 2.33 bits per heavy atom. The summed E-state index contributed by atoms with van der Waals surface area (Å²) in [5.41, 5.74) is -0.0507. The van der Waals surface area contributed by atoms with Crippen LogP contribution < -0.4 is 10.1 Å². The summed E-state index contributed by atoms with van der Waals surface area (Å²) in [7, 11) is 0. The fraction of sp³-hybridized carbons (Fsp3) is 0.385. The van der Waals surface area contributed by atoms with Gasteiger partial charge in [0.05, 0.1) is 6.42 Å². The summed E-state index contributed by atoms with van der Waals surface area (Å²) in [6.07, 6.45) is -0.0333. The summed E-state index contributed by atoms with van der Waals surface area (Å²) in [5, 5.41) is 11.9. The molecule has 0 amide bonds. The fourth-order valence-electron chi connectivity index (χ4n) is 1.92. The van der Waals surface area contributed by atoms with Gasteiger partial charge in [0.1, 0.15) is 11.4 Å². The number of carbonyl (C=O) groups excluding carboxylic acids is 1. The summed E-state index contributed by atoms with van der Waals surface area (Å²) < 4.78 is 5.73. The second-order valence-corrected chi connectivity index (χ2v) is 4.54. The van der Waals surface area contributed by atoms with Gasteiger partial charge in [0.25, 0.3) is 0 Å². The quantitative estimate of drug-likeness (QED) is 0.764. The number of nitrogens with one attached hydrogen (secondary N) is 1. The van der Waals surface area contributed by atoms with Crippen molar-refractivity contribution in [2.75, 3.05) is 13.1 Å². The first-order valence-electron chi connectivity index (χ1n) is 5.73. The van der Waals surface area contributed by atoms with Crippen LogP contribution in [-0.4, -0.2) is 35.5 Å². The van der Waals surface area contributed by atoms with E-state index < -0.39 is 11.6 Å². The highest BCUT2D eigenvalue weighted by atomic mass is 16.5. The SMILES string of the molecule is CC(=O)c1ccc(OC2(CC(=O)O)CNC2)cc1. The minimum atomic E-state index is -0.878. The maximum Gasteiger partial charge on any atom is 0.307 e. The monoisotopic (exact) mass is 249 g/mol. The van der Waals surface area contributed by atoms with Crippen LogP contribution in [0.25, 0.3) is 0 Å². The lowest BCUT2D eigenvalue weighted by atomic mass is 9.92. The van der Waals surface area contributed by atoms with Crippen LogP contribution in [-0.2, 0) is 4.79 Å². The molecule has 1 aliphatic heterocycles. The number of carbonyl (C=O) groups is 2. The van der Waals surface area contributed by atoms with E-state index in [-0.39, 0.29) is 12.2 Å². The van der Waals surface area contributed by atoms with Gasteiger partial charge in [-0.05, 0) is 31.2 Å². The molecule has 2 rings (SSSR count). The molecule has 1 fully saturated rings. The molecule has 0 aliphatic carbocycles. The van der Waals surface area contributed by atoms with Crippen LogP contribution >= 0.6 is 0 Å². The minimum absolute atomic E-state index is 0.00731. The third-order valence-corrected chi connectivity index (χ3v) is 2.96. The fourth-order valence-corrected chi connectivity index (χ4v) is 1.92. The van der Waals surface area contributed by atoms with Crippen molar-refractivity contribution in [2.24, 2.45) is 0 Å². The zero-order chi connectivity index (χ0) is 13.2. The molecule has 1 aromatic carbocycles. The molecule has 1 aliphatic rings. The topological polar surface area (TPSA) is 75.6 Å². The summed E-state index contributed by atoms with van der Waals surface area (Å²) in [4.78, 5) is 21.9. The van der Waals surface area contributed by atoms with Gasteiger partial charge in [0.15, 0.2) is 5.78 Å². The number of Topliss-reactive ketones (excluding diaryl/α,β-unsaturated/α-hetero) is 1. The summed E-state index contributed by atoms with van der Waals surface area (Å²) in [6.45, 7) is 2.54. The van der Waals surface area contributed by atoms with E-state index in [9.17, 15) is 9.59 Å². The van der Waals surface area contributed by atoms with Crippen LogP contribution in [0.3, 0.4) is 0 Å². The molecule has 5 nitrogen and oxygen atoms in total. The summed E-state index contributed by atoms with van der Waals surface area (Å²) in [5.74, 6) is -0.299. The highest BCUT2D eigenvalue weighted by Crippen LogP contribution is 2.25. The molecule has 5 heteroatoms. The van der Waals surface area contributed by atoms with Crippen LogP contribution in [0.2, 0.25) is 0 Å². The third-order valence-electron chi connectivity index (χ3n) is 2.96. The van der Waals surface area contributed by atoms with Crippen molar-refractivity contribution in [1.29, 1.82) is 0 Å². The van der Waals surface area contributed by atoms with Crippen molar-refractivity contribution in [3.05, 3.63) is 29.8 Å². The molecule has 2 N–H and O–H groups in total. The van der Waals surface area contributed by atoms with E-state index in [2.05, 4.69) is 5.32 Å². The van der Waals surface area contributed by atoms with Crippen LogP contribution in [0.4, 0.5) is 0 Å². The van der Waals surface area contributed by atoms with Crippen molar-refractivity contribution >= 4 is 11.8 Å². The Hall–Kier alpha value is -1.88. The van der Waals surface area contributed by atoms with Gasteiger partial charge >= 0.3 is 5.97 Å². The zero-order valence-electron chi connectivity index (χ0n) is 10.1. The highest BCUT2D eigenvalue weighted by molar-refractivity contribution is 5.94. The maximum atomic E-state index is 11.1.